The van der Waals surface area contributed by atoms with E-state index >= 15 is 0 Å². The second-order valence-corrected chi connectivity index (χ2v) is 3.68. The fourth-order valence-corrected chi connectivity index (χ4v) is 1.32. The van der Waals surface area contributed by atoms with Gasteiger partial charge in [0.15, 0.2) is 0 Å². The summed E-state index contributed by atoms with van der Waals surface area (Å²) in [6, 6.07) is 4.32. The first-order valence-corrected chi connectivity index (χ1v) is 5.30. The van der Waals surface area contributed by atoms with Crippen LogP contribution >= 0.6 is 0 Å². The second kappa shape index (κ2) is 6.26. The molecule has 4 nitrogen and oxygen atoms in total. The molecule has 0 saturated heterocycles. The summed E-state index contributed by atoms with van der Waals surface area (Å²) in [5.74, 6) is -1.05. The minimum absolute atomic E-state index is 0.155. The third-order valence-corrected chi connectivity index (χ3v) is 2.14. The zero-order chi connectivity index (χ0) is 17.0. The monoisotopic (exact) mass is 321 g/mol. The van der Waals surface area contributed by atoms with Gasteiger partial charge in [-0.25, -0.2) is 0 Å². The Morgan fingerprint density at radius 2 is 1.68 bits per heavy atom. The molecule has 10 heteroatoms. The van der Waals surface area contributed by atoms with Crippen LogP contribution in [-0.4, -0.2) is 6.36 Å². The fraction of sp³-hybridized carbons (Fsp3) is 0.167. The molecule has 1 N–H and O–H groups in total. The number of benzene rings is 1. The number of allylic oxidation sites excluding steroid dienone is 1. The maximum Gasteiger partial charge on any atom is 0.573 e. The summed E-state index contributed by atoms with van der Waals surface area (Å²) >= 11 is 0. The SMILES string of the molecule is N#CC(C#N)=CNc1ccc(OC(F)(F)F)cc1C(F)(F)F. The highest BCUT2D eigenvalue weighted by Crippen LogP contribution is 2.38. The van der Waals surface area contributed by atoms with Crippen LogP contribution in [0.25, 0.3) is 0 Å². The summed E-state index contributed by atoms with van der Waals surface area (Å²) < 4.78 is 77.9. The van der Waals surface area contributed by atoms with Crippen LogP contribution in [0.5, 0.6) is 5.75 Å². The molecular formula is C12H5F6N3O. The van der Waals surface area contributed by atoms with Gasteiger partial charge < -0.3 is 10.1 Å². The number of nitriles is 2. The van der Waals surface area contributed by atoms with E-state index in [0.29, 0.717) is 18.3 Å². The number of halogens is 6. The number of hydrogen-bond acceptors (Lipinski definition) is 4. The molecule has 0 heterocycles. The first-order valence-electron chi connectivity index (χ1n) is 5.30. The smallest absolute Gasteiger partial charge is 0.406 e. The van der Waals surface area contributed by atoms with Crippen LogP contribution in [0.3, 0.4) is 0 Å². The van der Waals surface area contributed by atoms with E-state index in [0.717, 1.165) is 0 Å². The molecule has 1 aromatic carbocycles. The molecule has 0 saturated carbocycles. The number of rotatable bonds is 3. The highest BCUT2D eigenvalue weighted by Gasteiger charge is 2.36. The Kier molecular flexibility index (Phi) is 4.89. The van der Waals surface area contributed by atoms with E-state index in [1.54, 1.807) is 0 Å². The van der Waals surface area contributed by atoms with E-state index in [9.17, 15) is 26.3 Å². The summed E-state index contributed by atoms with van der Waals surface area (Å²) in [6.45, 7) is 0. The van der Waals surface area contributed by atoms with Crippen molar-refractivity contribution >= 4 is 5.69 Å². The van der Waals surface area contributed by atoms with Crippen LogP contribution in [0, 0.1) is 22.7 Å². The third-order valence-electron chi connectivity index (χ3n) is 2.14. The molecule has 0 fully saturated rings. The highest BCUT2D eigenvalue weighted by atomic mass is 19.4. The average Bonchev–Trinajstić information content (AvgIpc) is 2.38. The van der Waals surface area contributed by atoms with Crippen molar-refractivity contribution in [3.8, 4) is 17.9 Å². The van der Waals surface area contributed by atoms with Gasteiger partial charge >= 0.3 is 12.5 Å². The number of nitrogens with one attached hydrogen (secondary N) is 1. The minimum atomic E-state index is -5.13. The molecule has 0 aromatic heterocycles. The Bertz CT molecular complexity index is 647. The van der Waals surface area contributed by atoms with Crippen LogP contribution in [0.4, 0.5) is 32.0 Å². The normalized spacial score (nSPS) is 11.1. The van der Waals surface area contributed by atoms with Crippen LogP contribution in [0.1, 0.15) is 5.56 Å². The zero-order valence-electron chi connectivity index (χ0n) is 10.4. The molecule has 0 atom stereocenters. The van der Waals surface area contributed by atoms with Gasteiger partial charge in [-0.3, -0.25) is 0 Å². The van der Waals surface area contributed by atoms with Gasteiger partial charge in [0.2, 0.25) is 0 Å². The molecule has 0 bridgehead atoms. The van der Waals surface area contributed by atoms with Crippen molar-refractivity contribution in [2.75, 3.05) is 5.32 Å². The molecule has 0 spiro atoms. The number of anilines is 1. The van der Waals surface area contributed by atoms with Gasteiger partial charge in [0.25, 0.3) is 0 Å². The van der Waals surface area contributed by atoms with Crippen molar-refractivity contribution in [2.45, 2.75) is 12.5 Å². The molecule has 0 amide bonds. The van der Waals surface area contributed by atoms with Crippen molar-refractivity contribution < 1.29 is 31.1 Å². The average molecular weight is 321 g/mol. The Balaban J connectivity index is 3.22. The van der Waals surface area contributed by atoms with Gasteiger partial charge in [-0.05, 0) is 18.2 Å². The summed E-state index contributed by atoms with van der Waals surface area (Å²) in [5, 5.41) is 19.0. The van der Waals surface area contributed by atoms with Crippen molar-refractivity contribution in [2.24, 2.45) is 0 Å². The molecular weight excluding hydrogens is 316 g/mol. The number of ether oxygens (including phenoxy) is 1. The van der Waals surface area contributed by atoms with Crippen molar-refractivity contribution in [3.63, 3.8) is 0 Å². The lowest BCUT2D eigenvalue weighted by Gasteiger charge is -2.15. The largest absolute Gasteiger partial charge is 0.573 e. The maximum absolute atomic E-state index is 12.8. The summed E-state index contributed by atoms with van der Waals surface area (Å²) in [5.41, 5.74) is -2.59. The molecule has 0 aliphatic rings. The van der Waals surface area contributed by atoms with Gasteiger partial charge in [-0.15, -0.1) is 13.2 Å². The molecule has 1 aromatic rings. The first-order chi connectivity index (χ1) is 10.1. The van der Waals surface area contributed by atoms with Gasteiger partial charge in [-0.2, -0.15) is 23.7 Å². The topological polar surface area (TPSA) is 68.8 Å². The summed E-state index contributed by atoms with van der Waals surface area (Å²) in [4.78, 5) is 0. The van der Waals surface area contributed by atoms with E-state index in [2.05, 4.69) is 4.74 Å². The Labute approximate surface area is 119 Å². The van der Waals surface area contributed by atoms with E-state index < -0.39 is 35.1 Å². The Morgan fingerprint density at radius 3 is 2.14 bits per heavy atom. The molecule has 0 aliphatic carbocycles. The van der Waals surface area contributed by atoms with Crippen molar-refractivity contribution in [3.05, 3.63) is 35.5 Å². The number of nitrogens with zero attached hydrogens (tertiary/aromatic N) is 2. The zero-order valence-corrected chi connectivity index (χ0v) is 10.4. The molecule has 22 heavy (non-hydrogen) atoms. The first kappa shape index (κ1) is 17.2. The quantitative estimate of drug-likeness (QED) is 0.676. The highest BCUT2D eigenvalue weighted by molar-refractivity contribution is 5.58. The van der Waals surface area contributed by atoms with E-state index in [1.165, 1.54) is 12.1 Å². The molecule has 116 valence electrons. The maximum atomic E-state index is 12.8. The van der Waals surface area contributed by atoms with Crippen molar-refractivity contribution in [1.82, 2.24) is 0 Å². The van der Waals surface area contributed by atoms with E-state index in [4.69, 9.17) is 10.5 Å². The van der Waals surface area contributed by atoms with E-state index in [-0.39, 0.29) is 6.07 Å². The van der Waals surface area contributed by atoms with Gasteiger partial charge in [0.05, 0.1) is 11.3 Å². The standard InChI is InChI=1S/C12H5F6N3O/c13-11(14,15)9-3-8(22-12(16,17)18)1-2-10(9)21-6-7(4-19)5-20/h1-3,6,21H. The van der Waals surface area contributed by atoms with Crippen LogP contribution in [0.2, 0.25) is 0 Å². The van der Waals surface area contributed by atoms with Crippen LogP contribution < -0.4 is 10.1 Å². The minimum Gasteiger partial charge on any atom is -0.406 e. The van der Waals surface area contributed by atoms with E-state index in [1.807, 2.05) is 5.32 Å². The summed E-state index contributed by atoms with van der Waals surface area (Å²) in [6.07, 6.45) is -9.40. The van der Waals surface area contributed by atoms with Gasteiger partial charge in [0, 0.05) is 6.20 Å². The molecule has 0 radical (unpaired) electrons. The molecule has 0 aliphatic heterocycles. The predicted octanol–water partition coefficient (Wildman–Crippen LogP) is 3.95. The van der Waals surface area contributed by atoms with Crippen LogP contribution in [0.15, 0.2) is 30.0 Å². The lowest BCUT2D eigenvalue weighted by Crippen LogP contribution is -2.18. The third kappa shape index (κ3) is 4.90. The van der Waals surface area contributed by atoms with Crippen molar-refractivity contribution in [1.29, 1.82) is 10.5 Å². The molecule has 1 rings (SSSR count). The Morgan fingerprint density at radius 1 is 1.09 bits per heavy atom. The van der Waals surface area contributed by atoms with Gasteiger partial charge in [-0.1, -0.05) is 0 Å². The second-order valence-electron chi connectivity index (χ2n) is 3.68. The molecule has 0 unspecified atom stereocenters. The van der Waals surface area contributed by atoms with Gasteiger partial charge in [0.1, 0.15) is 23.5 Å². The summed E-state index contributed by atoms with van der Waals surface area (Å²) in [7, 11) is 0. The predicted molar refractivity (Wildman–Crippen MR) is 61.1 cm³/mol. The number of hydrogen-bond donors (Lipinski definition) is 1. The fourth-order valence-electron chi connectivity index (χ4n) is 1.32. The Hall–Kier alpha value is -2.88. The lowest BCUT2D eigenvalue weighted by molar-refractivity contribution is -0.274. The lowest BCUT2D eigenvalue weighted by atomic mass is 10.1. The number of alkyl halides is 6. The van der Waals surface area contributed by atoms with Crippen LogP contribution in [-0.2, 0) is 6.18 Å².